The van der Waals surface area contributed by atoms with Gasteiger partial charge in [0.1, 0.15) is 0 Å². The van der Waals surface area contributed by atoms with E-state index in [1.807, 2.05) is 0 Å². The number of carbonyl (C=O) groups is 2. The third-order valence-electron chi connectivity index (χ3n) is 2.67. The molecule has 0 aliphatic rings. The Morgan fingerprint density at radius 3 is 2.56 bits per heavy atom. The average Bonchev–Trinajstić information content (AvgIpc) is 2.18. The van der Waals surface area contributed by atoms with Gasteiger partial charge >= 0.3 is 5.97 Å². The standard InChI is InChI=1S/C13H18N2O3/c1-8-9(5-4-6-10(8)14)12(18)15-13(2,3)7-11(16)17/h4-6H,7,14H2,1-3H3,(H,15,18)(H,16,17). The molecule has 18 heavy (non-hydrogen) atoms. The van der Waals surface area contributed by atoms with Crippen LogP contribution in [0.2, 0.25) is 0 Å². The molecular weight excluding hydrogens is 232 g/mol. The molecule has 1 amide bonds. The fourth-order valence-electron chi connectivity index (χ4n) is 1.70. The molecule has 98 valence electrons. The van der Waals surface area contributed by atoms with E-state index in [1.165, 1.54) is 0 Å². The van der Waals surface area contributed by atoms with Gasteiger partial charge in [-0.25, -0.2) is 0 Å². The van der Waals surface area contributed by atoms with Crippen molar-refractivity contribution in [3.05, 3.63) is 29.3 Å². The van der Waals surface area contributed by atoms with Crippen molar-refractivity contribution in [2.75, 3.05) is 5.73 Å². The summed E-state index contributed by atoms with van der Waals surface area (Å²) in [5.74, 6) is -1.27. The van der Waals surface area contributed by atoms with E-state index in [9.17, 15) is 9.59 Å². The summed E-state index contributed by atoms with van der Waals surface area (Å²) in [5.41, 5.74) is 6.63. The predicted molar refractivity (Wildman–Crippen MR) is 69.4 cm³/mol. The highest BCUT2D eigenvalue weighted by molar-refractivity contribution is 5.97. The molecule has 1 rings (SSSR count). The van der Waals surface area contributed by atoms with Gasteiger partial charge in [-0.15, -0.1) is 0 Å². The van der Waals surface area contributed by atoms with Crippen molar-refractivity contribution in [1.29, 1.82) is 0 Å². The maximum Gasteiger partial charge on any atom is 0.305 e. The number of aliphatic carboxylic acids is 1. The van der Waals surface area contributed by atoms with Gasteiger partial charge in [0.25, 0.3) is 5.91 Å². The summed E-state index contributed by atoms with van der Waals surface area (Å²) in [5, 5.41) is 11.5. The summed E-state index contributed by atoms with van der Waals surface area (Å²) in [4.78, 5) is 22.7. The number of nitrogens with one attached hydrogen (secondary N) is 1. The number of rotatable bonds is 4. The lowest BCUT2D eigenvalue weighted by molar-refractivity contribution is -0.138. The van der Waals surface area contributed by atoms with Crippen molar-refractivity contribution in [3.8, 4) is 0 Å². The summed E-state index contributed by atoms with van der Waals surface area (Å²) in [6.07, 6.45) is -0.139. The monoisotopic (exact) mass is 250 g/mol. The van der Waals surface area contributed by atoms with E-state index >= 15 is 0 Å². The number of carboxylic acids is 1. The summed E-state index contributed by atoms with van der Waals surface area (Å²) in [6.45, 7) is 5.09. The molecule has 0 unspecified atom stereocenters. The Morgan fingerprint density at radius 1 is 1.39 bits per heavy atom. The predicted octanol–water partition coefficient (Wildman–Crippen LogP) is 1.56. The van der Waals surface area contributed by atoms with Gasteiger partial charge in [-0.1, -0.05) is 6.07 Å². The van der Waals surface area contributed by atoms with Crippen molar-refractivity contribution < 1.29 is 14.7 Å². The third kappa shape index (κ3) is 3.48. The number of anilines is 1. The van der Waals surface area contributed by atoms with Crippen LogP contribution in [0, 0.1) is 6.92 Å². The molecule has 0 saturated heterocycles. The minimum Gasteiger partial charge on any atom is -0.481 e. The van der Waals surface area contributed by atoms with Gasteiger partial charge in [0, 0.05) is 16.8 Å². The first kappa shape index (κ1) is 14.0. The number of amides is 1. The Morgan fingerprint density at radius 2 is 2.00 bits per heavy atom. The number of nitrogens with two attached hydrogens (primary N) is 1. The molecule has 0 aliphatic carbocycles. The first-order valence-electron chi connectivity index (χ1n) is 5.62. The highest BCUT2D eigenvalue weighted by atomic mass is 16.4. The molecule has 1 aromatic carbocycles. The van der Waals surface area contributed by atoms with Crippen LogP contribution in [-0.4, -0.2) is 22.5 Å². The smallest absolute Gasteiger partial charge is 0.305 e. The Bertz CT molecular complexity index is 481. The molecule has 0 spiro atoms. The van der Waals surface area contributed by atoms with Crippen LogP contribution in [0.15, 0.2) is 18.2 Å². The third-order valence-corrected chi connectivity index (χ3v) is 2.67. The molecule has 0 atom stereocenters. The molecule has 0 bridgehead atoms. The van der Waals surface area contributed by atoms with E-state index in [-0.39, 0.29) is 12.3 Å². The van der Waals surface area contributed by atoms with Crippen LogP contribution >= 0.6 is 0 Å². The molecule has 5 heteroatoms. The quantitative estimate of drug-likeness (QED) is 0.707. The number of hydrogen-bond donors (Lipinski definition) is 3. The van der Waals surface area contributed by atoms with Crippen molar-refractivity contribution in [2.45, 2.75) is 32.7 Å². The Balaban J connectivity index is 2.89. The zero-order chi connectivity index (χ0) is 13.9. The van der Waals surface area contributed by atoms with Gasteiger partial charge in [-0.2, -0.15) is 0 Å². The van der Waals surface area contributed by atoms with Crippen LogP contribution in [0.5, 0.6) is 0 Å². The summed E-state index contributed by atoms with van der Waals surface area (Å²) in [7, 11) is 0. The summed E-state index contributed by atoms with van der Waals surface area (Å²) in [6, 6.07) is 5.08. The topological polar surface area (TPSA) is 92.4 Å². The molecule has 4 N–H and O–H groups in total. The average molecular weight is 250 g/mol. The first-order valence-corrected chi connectivity index (χ1v) is 5.62. The van der Waals surface area contributed by atoms with Crippen molar-refractivity contribution in [3.63, 3.8) is 0 Å². The van der Waals surface area contributed by atoms with Crippen LogP contribution in [0.4, 0.5) is 5.69 Å². The number of carboxylic acid groups (broad SMARTS) is 1. The lowest BCUT2D eigenvalue weighted by Crippen LogP contribution is -2.45. The second-order valence-corrected chi connectivity index (χ2v) is 4.93. The van der Waals surface area contributed by atoms with Crippen LogP contribution in [-0.2, 0) is 4.79 Å². The van der Waals surface area contributed by atoms with Crippen LogP contribution < -0.4 is 11.1 Å². The number of carbonyl (C=O) groups excluding carboxylic acids is 1. The molecule has 0 aromatic heterocycles. The van der Waals surface area contributed by atoms with Gasteiger partial charge < -0.3 is 16.2 Å². The minimum absolute atomic E-state index is 0.139. The normalized spacial score (nSPS) is 11.1. The van der Waals surface area contributed by atoms with E-state index in [1.54, 1.807) is 39.0 Å². The second kappa shape index (κ2) is 5.08. The highest BCUT2D eigenvalue weighted by Crippen LogP contribution is 2.17. The van der Waals surface area contributed by atoms with Gasteiger partial charge in [-0.3, -0.25) is 9.59 Å². The maximum atomic E-state index is 12.1. The Labute approximate surface area is 106 Å². The second-order valence-electron chi connectivity index (χ2n) is 4.93. The van der Waals surface area contributed by atoms with Crippen LogP contribution in [0.1, 0.15) is 36.2 Å². The molecule has 5 nitrogen and oxygen atoms in total. The van der Waals surface area contributed by atoms with Crippen molar-refractivity contribution >= 4 is 17.6 Å². The largest absolute Gasteiger partial charge is 0.481 e. The lowest BCUT2D eigenvalue weighted by Gasteiger charge is -2.24. The molecule has 0 aliphatic heterocycles. The molecule has 0 radical (unpaired) electrons. The van der Waals surface area contributed by atoms with Crippen LogP contribution in [0.3, 0.4) is 0 Å². The molecule has 0 saturated carbocycles. The van der Waals surface area contributed by atoms with E-state index < -0.39 is 11.5 Å². The SMILES string of the molecule is Cc1c(N)cccc1C(=O)NC(C)(C)CC(=O)O. The van der Waals surface area contributed by atoms with Gasteiger partial charge in [-0.05, 0) is 38.5 Å². The zero-order valence-corrected chi connectivity index (χ0v) is 10.8. The summed E-state index contributed by atoms with van der Waals surface area (Å²) >= 11 is 0. The van der Waals surface area contributed by atoms with Crippen molar-refractivity contribution in [2.24, 2.45) is 0 Å². The van der Waals surface area contributed by atoms with Gasteiger partial charge in [0.15, 0.2) is 0 Å². The van der Waals surface area contributed by atoms with Crippen molar-refractivity contribution in [1.82, 2.24) is 5.32 Å². The maximum absolute atomic E-state index is 12.1. The number of hydrogen-bond acceptors (Lipinski definition) is 3. The van der Waals surface area contributed by atoms with E-state index in [0.717, 1.165) is 0 Å². The zero-order valence-electron chi connectivity index (χ0n) is 10.8. The van der Waals surface area contributed by atoms with Gasteiger partial charge in [0.05, 0.1) is 6.42 Å². The van der Waals surface area contributed by atoms with Gasteiger partial charge in [0.2, 0.25) is 0 Å². The molecule has 1 aromatic rings. The number of benzene rings is 1. The Kier molecular flexibility index (Phi) is 3.96. The fourth-order valence-corrected chi connectivity index (χ4v) is 1.70. The van der Waals surface area contributed by atoms with Crippen LogP contribution in [0.25, 0.3) is 0 Å². The molecule has 0 fully saturated rings. The Hall–Kier alpha value is -2.04. The number of nitrogen functional groups attached to an aromatic ring is 1. The summed E-state index contributed by atoms with van der Waals surface area (Å²) < 4.78 is 0. The van der Waals surface area contributed by atoms with E-state index in [4.69, 9.17) is 10.8 Å². The lowest BCUT2D eigenvalue weighted by atomic mass is 9.99. The van der Waals surface area contributed by atoms with E-state index in [0.29, 0.717) is 16.8 Å². The molecular formula is C13H18N2O3. The fraction of sp³-hybridized carbons (Fsp3) is 0.385. The first-order chi connectivity index (χ1) is 8.23. The molecule has 0 heterocycles. The van der Waals surface area contributed by atoms with E-state index in [2.05, 4.69) is 5.32 Å². The minimum atomic E-state index is -0.954. The highest BCUT2D eigenvalue weighted by Gasteiger charge is 2.25.